The average molecular weight is 372 g/mol. The number of hydrogen-bond acceptors (Lipinski definition) is 3. The molecule has 0 fully saturated rings. The van der Waals surface area contributed by atoms with Crippen LogP contribution in [-0.2, 0) is 10.0 Å². The highest BCUT2D eigenvalue weighted by Gasteiger charge is 2.35. The van der Waals surface area contributed by atoms with Gasteiger partial charge in [-0.1, -0.05) is 28.1 Å². The van der Waals surface area contributed by atoms with Crippen LogP contribution in [0.3, 0.4) is 0 Å². The molecule has 0 amide bonds. The van der Waals surface area contributed by atoms with E-state index in [9.17, 15) is 21.6 Å². The summed E-state index contributed by atoms with van der Waals surface area (Å²) in [6.45, 7) is 0.258. The van der Waals surface area contributed by atoms with Crippen molar-refractivity contribution < 1.29 is 26.3 Å². The number of halogens is 4. The first kappa shape index (κ1) is 15.3. The first-order valence-electron chi connectivity index (χ1n) is 5.40. The standard InChI is InChI=1S/C11H9BrF3NO3S/c12-8-3-4-10(9(7-8)19-11(13,14)15)20(17,18)16-5-1-2-6-16/h1-4,7H,5-6H2. The van der Waals surface area contributed by atoms with Crippen LogP contribution < -0.4 is 4.74 Å². The Morgan fingerprint density at radius 1 is 1.20 bits per heavy atom. The van der Waals surface area contributed by atoms with Crippen LogP contribution in [0, 0.1) is 0 Å². The smallest absolute Gasteiger partial charge is 0.404 e. The maximum atomic E-state index is 12.4. The number of alkyl halides is 3. The van der Waals surface area contributed by atoms with Gasteiger partial charge in [0.15, 0.2) is 5.75 Å². The molecule has 0 unspecified atom stereocenters. The molecule has 0 radical (unpaired) electrons. The Morgan fingerprint density at radius 3 is 2.35 bits per heavy atom. The predicted molar refractivity (Wildman–Crippen MR) is 68.7 cm³/mol. The Hall–Kier alpha value is -1.06. The van der Waals surface area contributed by atoms with Crippen molar-refractivity contribution >= 4 is 26.0 Å². The van der Waals surface area contributed by atoms with Crippen molar-refractivity contribution in [3.8, 4) is 5.75 Å². The van der Waals surface area contributed by atoms with Crippen LogP contribution in [-0.4, -0.2) is 32.2 Å². The highest BCUT2D eigenvalue weighted by Crippen LogP contribution is 2.34. The molecule has 9 heteroatoms. The van der Waals surface area contributed by atoms with Crippen LogP contribution in [0.15, 0.2) is 39.7 Å². The molecule has 20 heavy (non-hydrogen) atoms. The van der Waals surface area contributed by atoms with Crippen molar-refractivity contribution in [2.45, 2.75) is 11.3 Å². The fraction of sp³-hybridized carbons (Fsp3) is 0.273. The Kier molecular flexibility index (Phi) is 4.12. The lowest BCUT2D eigenvalue weighted by atomic mass is 10.3. The van der Waals surface area contributed by atoms with Gasteiger partial charge in [0.25, 0.3) is 0 Å². The van der Waals surface area contributed by atoms with Gasteiger partial charge in [-0.2, -0.15) is 4.31 Å². The second kappa shape index (κ2) is 5.38. The maximum Gasteiger partial charge on any atom is 0.573 e. The van der Waals surface area contributed by atoms with Gasteiger partial charge in [0.05, 0.1) is 0 Å². The minimum Gasteiger partial charge on any atom is -0.404 e. The van der Waals surface area contributed by atoms with E-state index >= 15 is 0 Å². The molecule has 0 spiro atoms. The van der Waals surface area contributed by atoms with Crippen molar-refractivity contribution in [2.75, 3.05) is 13.1 Å². The van der Waals surface area contributed by atoms with Crippen LogP contribution in [0.25, 0.3) is 0 Å². The van der Waals surface area contributed by atoms with E-state index in [2.05, 4.69) is 20.7 Å². The van der Waals surface area contributed by atoms with Gasteiger partial charge in [-0.3, -0.25) is 0 Å². The molecule has 1 aromatic rings. The third-order valence-corrected chi connectivity index (χ3v) is 4.90. The van der Waals surface area contributed by atoms with Gasteiger partial charge in [-0.15, -0.1) is 13.2 Å². The molecule has 0 aliphatic carbocycles. The number of ether oxygens (including phenoxy) is 1. The quantitative estimate of drug-likeness (QED) is 0.767. The molecule has 4 nitrogen and oxygen atoms in total. The number of hydrogen-bond donors (Lipinski definition) is 0. The van der Waals surface area contributed by atoms with Crippen molar-refractivity contribution in [3.63, 3.8) is 0 Å². The highest BCUT2D eigenvalue weighted by molar-refractivity contribution is 9.10. The second-order valence-corrected chi connectivity index (χ2v) is 6.75. The molecule has 2 rings (SSSR count). The molecule has 0 saturated heterocycles. The van der Waals surface area contributed by atoms with Crippen LogP contribution >= 0.6 is 15.9 Å². The highest BCUT2D eigenvalue weighted by atomic mass is 79.9. The monoisotopic (exact) mass is 371 g/mol. The summed E-state index contributed by atoms with van der Waals surface area (Å²) < 4.78 is 66.8. The Labute approximate surface area is 122 Å². The fourth-order valence-electron chi connectivity index (χ4n) is 1.69. The average Bonchev–Trinajstić information content (AvgIpc) is 2.79. The molecule has 110 valence electrons. The summed E-state index contributed by atoms with van der Waals surface area (Å²) in [6, 6.07) is 3.41. The molecule has 0 aromatic heterocycles. The van der Waals surface area contributed by atoms with Gasteiger partial charge in [-0.05, 0) is 18.2 Å². The van der Waals surface area contributed by atoms with Crippen molar-refractivity contribution in [2.24, 2.45) is 0 Å². The van der Waals surface area contributed by atoms with Crippen molar-refractivity contribution in [3.05, 3.63) is 34.8 Å². The van der Waals surface area contributed by atoms with Crippen LogP contribution in [0.5, 0.6) is 5.75 Å². The maximum absolute atomic E-state index is 12.4. The molecule has 1 aliphatic heterocycles. The summed E-state index contributed by atoms with van der Waals surface area (Å²) in [4.78, 5) is -0.512. The van der Waals surface area contributed by atoms with Crippen molar-refractivity contribution in [1.82, 2.24) is 4.31 Å². The van der Waals surface area contributed by atoms with Gasteiger partial charge in [0, 0.05) is 17.6 Å². The van der Waals surface area contributed by atoms with Crippen LogP contribution in [0.4, 0.5) is 13.2 Å². The molecule has 1 aromatic carbocycles. The molecule has 0 saturated carbocycles. The first-order valence-corrected chi connectivity index (χ1v) is 7.64. The fourth-order valence-corrected chi connectivity index (χ4v) is 3.47. The summed E-state index contributed by atoms with van der Waals surface area (Å²) in [5.74, 6) is -0.751. The molecule has 1 heterocycles. The molecule has 1 aliphatic rings. The van der Waals surface area contributed by atoms with E-state index < -0.39 is 27.0 Å². The van der Waals surface area contributed by atoms with Gasteiger partial charge < -0.3 is 4.74 Å². The molecule has 0 atom stereocenters. The van der Waals surface area contributed by atoms with E-state index in [1.807, 2.05) is 0 Å². The summed E-state index contributed by atoms with van der Waals surface area (Å²) in [5.41, 5.74) is 0. The summed E-state index contributed by atoms with van der Waals surface area (Å²) in [7, 11) is -4.03. The largest absolute Gasteiger partial charge is 0.573 e. The molecular formula is C11H9BrF3NO3S. The Bertz CT molecular complexity index is 635. The van der Waals surface area contributed by atoms with Gasteiger partial charge >= 0.3 is 6.36 Å². The molecule has 0 N–H and O–H groups in total. The van der Waals surface area contributed by atoms with E-state index in [0.717, 1.165) is 16.4 Å². The topological polar surface area (TPSA) is 46.6 Å². The third-order valence-electron chi connectivity index (χ3n) is 2.53. The van der Waals surface area contributed by atoms with E-state index in [-0.39, 0.29) is 17.6 Å². The van der Waals surface area contributed by atoms with Gasteiger partial charge in [0.1, 0.15) is 4.90 Å². The lowest BCUT2D eigenvalue weighted by Gasteiger charge is -2.19. The zero-order chi connectivity index (χ0) is 15.0. The van der Waals surface area contributed by atoms with E-state index in [1.165, 1.54) is 6.07 Å². The minimum atomic E-state index is -4.96. The number of benzene rings is 1. The molecule has 0 bridgehead atoms. The first-order chi connectivity index (χ1) is 9.20. The number of sulfonamides is 1. The Balaban J connectivity index is 2.45. The zero-order valence-electron chi connectivity index (χ0n) is 9.89. The SMILES string of the molecule is O=S(=O)(c1ccc(Br)cc1OC(F)(F)F)N1CC=CC1. The normalized spacial score (nSPS) is 16.6. The van der Waals surface area contributed by atoms with E-state index in [4.69, 9.17) is 0 Å². The van der Waals surface area contributed by atoms with Crippen LogP contribution in [0.1, 0.15) is 0 Å². The van der Waals surface area contributed by atoms with Crippen molar-refractivity contribution in [1.29, 1.82) is 0 Å². The third kappa shape index (κ3) is 3.33. The van der Waals surface area contributed by atoms with E-state index in [1.54, 1.807) is 12.2 Å². The zero-order valence-corrected chi connectivity index (χ0v) is 12.3. The van der Waals surface area contributed by atoms with Crippen LogP contribution in [0.2, 0.25) is 0 Å². The second-order valence-electron chi connectivity index (χ2n) is 3.93. The lowest BCUT2D eigenvalue weighted by molar-refractivity contribution is -0.275. The lowest BCUT2D eigenvalue weighted by Crippen LogP contribution is -2.29. The summed E-state index contributed by atoms with van der Waals surface area (Å²) in [5, 5.41) is 0. The summed E-state index contributed by atoms with van der Waals surface area (Å²) in [6.07, 6.45) is -1.71. The number of nitrogens with zero attached hydrogens (tertiary/aromatic N) is 1. The number of rotatable bonds is 3. The molecular weight excluding hydrogens is 363 g/mol. The van der Waals surface area contributed by atoms with Gasteiger partial charge in [0.2, 0.25) is 10.0 Å². The minimum absolute atomic E-state index is 0.129. The van der Waals surface area contributed by atoms with E-state index in [0.29, 0.717) is 0 Å². The Morgan fingerprint density at radius 2 is 1.80 bits per heavy atom. The summed E-state index contributed by atoms with van der Waals surface area (Å²) >= 11 is 2.99. The van der Waals surface area contributed by atoms with Gasteiger partial charge in [-0.25, -0.2) is 8.42 Å². The predicted octanol–water partition coefficient (Wildman–Crippen LogP) is 2.91.